The van der Waals surface area contributed by atoms with Crippen molar-refractivity contribution in [1.29, 1.82) is 0 Å². The molecule has 6 nitrogen and oxygen atoms in total. The van der Waals surface area contributed by atoms with E-state index in [1.54, 1.807) is 30.3 Å². The molecule has 1 aromatic heterocycles. The fraction of sp³-hybridized carbons (Fsp3) is 0.414. The van der Waals surface area contributed by atoms with Crippen LogP contribution in [0.15, 0.2) is 40.8 Å². The first-order chi connectivity index (χ1) is 16.5. The van der Waals surface area contributed by atoms with E-state index in [4.69, 9.17) is 18.6 Å². The number of ether oxygens (including phenoxy) is 3. The normalized spacial score (nSPS) is 15.8. The quantitative estimate of drug-likeness (QED) is 0.403. The Balaban J connectivity index is 1.63. The summed E-state index contributed by atoms with van der Waals surface area (Å²) in [5.74, 6) is 1.73. The van der Waals surface area contributed by atoms with E-state index in [-0.39, 0.29) is 22.5 Å². The van der Waals surface area contributed by atoms with E-state index >= 15 is 0 Å². The number of methoxy groups -OCH3 is 2. The second-order valence-corrected chi connectivity index (χ2v) is 10.6. The van der Waals surface area contributed by atoms with Crippen LogP contribution in [-0.2, 0) is 10.8 Å². The summed E-state index contributed by atoms with van der Waals surface area (Å²) in [6, 6.07) is 10.8. The molecule has 186 valence electrons. The van der Waals surface area contributed by atoms with Crippen LogP contribution in [0, 0.1) is 13.8 Å². The summed E-state index contributed by atoms with van der Waals surface area (Å²) in [5, 5.41) is 2.82. The largest absolute Gasteiger partial charge is 0.494 e. The Morgan fingerprint density at radius 1 is 0.943 bits per heavy atom. The van der Waals surface area contributed by atoms with Gasteiger partial charge in [0.15, 0.2) is 5.76 Å². The van der Waals surface area contributed by atoms with Gasteiger partial charge in [0.05, 0.1) is 14.2 Å². The zero-order valence-electron chi connectivity index (χ0n) is 21.9. The molecule has 6 heteroatoms. The Kier molecular flexibility index (Phi) is 6.34. The lowest BCUT2D eigenvalue weighted by molar-refractivity contribution is 0.0991. The minimum atomic E-state index is -0.426. The van der Waals surface area contributed by atoms with Crippen molar-refractivity contribution in [2.24, 2.45) is 0 Å². The molecule has 2 aromatic carbocycles. The van der Waals surface area contributed by atoms with Crippen molar-refractivity contribution in [2.45, 2.75) is 65.2 Å². The van der Waals surface area contributed by atoms with Gasteiger partial charge in [0.25, 0.3) is 11.9 Å². The van der Waals surface area contributed by atoms with Gasteiger partial charge in [-0.05, 0) is 78.0 Å². The summed E-state index contributed by atoms with van der Waals surface area (Å²) in [5.41, 5.74) is 5.53. The Hall–Kier alpha value is -3.41. The van der Waals surface area contributed by atoms with Crippen LogP contribution in [-0.4, -0.2) is 20.1 Å². The molecule has 0 fully saturated rings. The molecule has 1 N–H and O–H groups in total. The molecule has 0 spiro atoms. The average Bonchev–Trinajstić information content (AvgIpc) is 3.28. The van der Waals surface area contributed by atoms with Crippen LogP contribution >= 0.6 is 0 Å². The predicted octanol–water partition coefficient (Wildman–Crippen LogP) is 7.31. The fourth-order valence-corrected chi connectivity index (χ4v) is 5.16. The standard InChI is InChI=1S/C29H35NO5/c1-17-16-19-24(29(5,6)15-14-28(19,3)4)18(2)26(17)35-23-13-12-22(34-23)27(31)30-25-20(32-7)10-9-11-21(25)33-8/h9-13,16H,14-15H2,1-8H3,(H,30,31). The van der Waals surface area contributed by atoms with Gasteiger partial charge in [-0.2, -0.15) is 0 Å². The maximum atomic E-state index is 12.9. The number of aryl methyl sites for hydroxylation is 1. The second-order valence-electron chi connectivity index (χ2n) is 10.6. The molecule has 4 rings (SSSR count). The van der Waals surface area contributed by atoms with Crippen molar-refractivity contribution in [3.63, 3.8) is 0 Å². The zero-order chi connectivity index (χ0) is 25.5. The molecule has 0 atom stereocenters. The summed E-state index contributed by atoms with van der Waals surface area (Å²) in [4.78, 5) is 12.9. The van der Waals surface area contributed by atoms with Crippen molar-refractivity contribution < 1.29 is 23.4 Å². The molecule has 0 saturated heterocycles. The number of carbonyl (C=O) groups excluding carboxylic acids is 1. The summed E-state index contributed by atoms with van der Waals surface area (Å²) in [6.07, 6.45) is 2.27. The van der Waals surface area contributed by atoms with Crippen molar-refractivity contribution in [3.8, 4) is 23.2 Å². The number of rotatable bonds is 6. The van der Waals surface area contributed by atoms with Crippen molar-refractivity contribution in [3.05, 3.63) is 64.4 Å². The predicted molar refractivity (Wildman–Crippen MR) is 137 cm³/mol. The van der Waals surface area contributed by atoms with Gasteiger partial charge in [-0.1, -0.05) is 39.8 Å². The highest BCUT2D eigenvalue weighted by Crippen LogP contribution is 2.50. The number of fused-ring (bicyclic) bond motifs is 1. The number of carbonyl (C=O) groups is 1. The summed E-state index contributed by atoms with van der Waals surface area (Å²) in [7, 11) is 3.07. The average molecular weight is 478 g/mol. The lowest BCUT2D eigenvalue weighted by atomic mass is 9.61. The molecule has 0 unspecified atom stereocenters. The van der Waals surface area contributed by atoms with Crippen LogP contribution in [0.25, 0.3) is 0 Å². The highest BCUT2D eigenvalue weighted by atomic mass is 16.6. The van der Waals surface area contributed by atoms with E-state index in [9.17, 15) is 4.79 Å². The van der Waals surface area contributed by atoms with Gasteiger partial charge in [-0.3, -0.25) is 4.79 Å². The maximum absolute atomic E-state index is 12.9. The van der Waals surface area contributed by atoms with E-state index in [0.717, 1.165) is 29.7 Å². The number of nitrogens with one attached hydrogen (secondary N) is 1. The molecule has 1 aliphatic rings. The molecule has 1 heterocycles. The third-order valence-corrected chi connectivity index (χ3v) is 7.16. The summed E-state index contributed by atoms with van der Waals surface area (Å²) < 4.78 is 22.8. The molecule has 1 amide bonds. The first kappa shape index (κ1) is 24.7. The minimum absolute atomic E-state index is 0.0583. The van der Waals surface area contributed by atoms with Gasteiger partial charge in [-0.25, -0.2) is 0 Å². The number of amides is 1. The van der Waals surface area contributed by atoms with E-state index in [0.29, 0.717) is 17.2 Å². The van der Waals surface area contributed by atoms with Crippen molar-refractivity contribution in [1.82, 2.24) is 0 Å². The molecule has 3 aromatic rings. The van der Waals surface area contributed by atoms with Crippen LogP contribution in [0.5, 0.6) is 23.2 Å². The van der Waals surface area contributed by atoms with Gasteiger partial charge >= 0.3 is 0 Å². The monoisotopic (exact) mass is 477 g/mol. The van der Waals surface area contributed by atoms with Crippen LogP contribution in [0.3, 0.4) is 0 Å². The molecular weight excluding hydrogens is 442 g/mol. The van der Waals surface area contributed by atoms with E-state index < -0.39 is 5.91 Å². The van der Waals surface area contributed by atoms with Gasteiger partial charge in [0, 0.05) is 6.07 Å². The topological polar surface area (TPSA) is 69.9 Å². The molecule has 0 radical (unpaired) electrons. The maximum Gasteiger partial charge on any atom is 0.291 e. The van der Waals surface area contributed by atoms with E-state index in [1.165, 1.54) is 25.3 Å². The molecule has 0 saturated carbocycles. The van der Waals surface area contributed by atoms with Gasteiger partial charge in [0.1, 0.15) is 22.9 Å². The smallest absolute Gasteiger partial charge is 0.291 e. The van der Waals surface area contributed by atoms with Crippen molar-refractivity contribution in [2.75, 3.05) is 19.5 Å². The third-order valence-electron chi connectivity index (χ3n) is 7.16. The Bertz CT molecular complexity index is 1250. The number of hydrogen-bond donors (Lipinski definition) is 1. The Morgan fingerprint density at radius 2 is 1.57 bits per heavy atom. The first-order valence-electron chi connectivity index (χ1n) is 11.9. The van der Waals surface area contributed by atoms with Crippen LogP contribution in [0.1, 0.15) is 73.3 Å². The Morgan fingerprint density at radius 3 is 2.20 bits per heavy atom. The number of anilines is 1. The number of furan rings is 1. The summed E-state index contributed by atoms with van der Waals surface area (Å²) >= 11 is 0. The molecular formula is C29H35NO5. The number of para-hydroxylation sites is 1. The number of hydrogen-bond acceptors (Lipinski definition) is 5. The third kappa shape index (κ3) is 4.49. The molecule has 35 heavy (non-hydrogen) atoms. The zero-order valence-corrected chi connectivity index (χ0v) is 21.9. The van der Waals surface area contributed by atoms with Gasteiger partial charge in [0.2, 0.25) is 0 Å². The highest BCUT2D eigenvalue weighted by Gasteiger charge is 2.39. The first-order valence-corrected chi connectivity index (χ1v) is 11.9. The van der Waals surface area contributed by atoms with Gasteiger partial charge in [-0.15, -0.1) is 0 Å². The minimum Gasteiger partial charge on any atom is -0.494 e. The van der Waals surface area contributed by atoms with E-state index in [2.05, 4.69) is 52.9 Å². The fourth-order valence-electron chi connectivity index (χ4n) is 5.16. The van der Waals surface area contributed by atoms with Gasteiger partial charge < -0.3 is 23.9 Å². The second kappa shape index (κ2) is 8.99. The highest BCUT2D eigenvalue weighted by molar-refractivity contribution is 6.04. The lowest BCUT2D eigenvalue weighted by Gasteiger charge is -2.43. The van der Waals surface area contributed by atoms with Crippen LogP contribution in [0.4, 0.5) is 5.69 Å². The number of benzene rings is 2. The van der Waals surface area contributed by atoms with E-state index in [1.807, 2.05) is 0 Å². The van der Waals surface area contributed by atoms with Crippen molar-refractivity contribution >= 4 is 11.6 Å². The van der Waals surface area contributed by atoms with Crippen LogP contribution in [0.2, 0.25) is 0 Å². The molecule has 0 aliphatic heterocycles. The SMILES string of the molecule is COc1cccc(OC)c1NC(=O)c1ccc(Oc2c(C)cc3c(c2C)C(C)(C)CCC3(C)C)o1. The summed E-state index contributed by atoms with van der Waals surface area (Å²) in [6.45, 7) is 13.4. The Labute approximate surface area is 207 Å². The molecule has 0 bridgehead atoms. The lowest BCUT2D eigenvalue weighted by Crippen LogP contribution is -2.35. The molecule has 1 aliphatic carbocycles. The van der Waals surface area contributed by atoms with Crippen LogP contribution < -0.4 is 19.5 Å².